The van der Waals surface area contributed by atoms with E-state index in [1.54, 1.807) is 60.7 Å². The van der Waals surface area contributed by atoms with Crippen LogP contribution >= 0.6 is 0 Å². The third-order valence-corrected chi connectivity index (χ3v) is 6.49. The van der Waals surface area contributed by atoms with Gasteiger partial charge in [0, 0.05) is 17.3 Å². The fourth-order valence-electron chi connectivity index (χ4n) is 4.62. The zero-order valence-corrected chi connectivity index (χ0v) is 22.1. The van der Waals surface area contributed by atoms with Crippen molar-refractivity contribution >= 4 is 23.1 Å². The molecule has 1 unspecified atom stereocenters. The molecule has 3 aromatic rings. The van der Waals surface area contributed by atoms with Crippen molar-refractivity contribution in [1.82, 2.24) is 0 Å². The predicted molar refractivity (Wildman–Crippen MR) is 144 cm³/mol. The molecule has 0 radical (unpaired) electrons. The van der Waals surface area contributed by atoms with Gasteiger partial charge in [0.2, 0.25) is 6.79 Å². The Morgan fingerprint density at radius 3 is 2.49 bits per heavy atom. The molecular weight excluding hydrogens is 502 g/mol. The van der Waals surface area contributed by atoms with E-state index < -0.39 is 17.7 Å². The lowest BCUT2D eigenvalue weighted by atomic mass is 9.94. The van der Waals surface area contributed by atoms with Gasteiger partial charge in [0.25, 0.3) is 11.7 Å². The first kappa shape index (κ1) is 26.0. The molecule has 1 N–H and O–H groups in total. The number of rotatable bonds is 8. The summed E-state index contributed by atoms with van der Waals surface area (Å²) in [5.74, 6) is 0.810. The average molecular weight is 532 g/mol. The summed E-state index contributed by atoms with van der Waals surface area (Å²) in [5, 5.41) is 11.5. The second-order valence-electron chi connectivity index (χ2n) is 9.55. The number of hydrogen-bond donors (Lipinski definition) is 1. The number of carbonyl (C=O) groups excluding carboxylic acids is 2. The molecule has 39 heavy (non-hydrogen) atoms. The van der Waals surface area contributed by atoms with Gasteiger partial charge in [-0.2, -0.15) is 0 Å². The van der Waals surface area contributed by atoms with Crippen molar-refractivity contribution in [3.63, 3.8) is 0 Å². The van der Waals surface area contributed by atoms with E-state index in [1.165, 1.54) is 19.1 Å². The first-order chi connectivity index (χ1) is 18.8. The van der Waals surface area contributed by atoms with Crippen molar-refractivity contribution in [2.45, 2.75) is 19.9 Å². The van der Waals surface area contributed by atoms with Crippen LogP contribution in [0.5, 0.6) is 28.7 Å². The fourth-order valence-corrected chi connectivity index (χ4v) is 4.62. The number of amides is 1. The standard InChI is InChI=1S/C30H29NO8/c1-17(2)15-37-21-7-5-6-19(12-21)28(32)26-27(18-8-10-22(35-3)24(13-18)36-4)31(30(34)29(26)33)20-9-11-23-25(14-20)39-16-38-23/h5-14,17,27,32H,15-16H2,1-4H3/b28-26+. The number of nitrogens with zero attached hydrogens (tertiary/aromatic N) is 1. The Labute approximate surface area is 226 Å². The molecule has 0 spiro atoms. The lowest BCUT2D eigenvalue weighted by molar-refractivity contribution is -0.132. The van der Waals surface area contributed by atoms with Crippen molar-refractivity contribution < 1.29 is 38.4 Å². The molecule has 2 heterocycles. The van der Waals surface area contributed by atoms with E-state index in [-0.39, 0.29) is 18.1 Å². The average Bonchev–Trinajstić information content (AvgIpc) is 3.52. The zero-order chi connectivity index (χ0) is 27.7. The summed E-state index contributed by atoms with van der Waals surface area (Å²) in [6.07, 6.45) is 0. The summed E-state index contributed by atoms with van der Waals surface area (Å²) < 4.78 is 27.6. The molecule has 1 atom stereocenters. The Bertz CT molecular complexity index is 1460. The molecule has 9 nitrogen and oxygen atoms in total. The quantitative estimate of drug-likeness (QED) is 0.244. The first-order valence-corrected chi connectivity index (χ1v) is 12.5. The molecule has 0 aromatic heterocycles. The van der Waals surface area contributed by atoms with E-state index in [0.717, 1.165) is 0 Å². The maximum atomic E-state index is 13.5. The molecule has 0 bridgehead atoms. The topological polar surface area (TPSA) is 104 Å². The van der Waals surface area contributed by atoms with Gasteiger partial charge in [-0.15, -0.1) is 0 Å². The summed E-state index contributed by atoms with van der Waals surface area (Å²) in [6, 6.07) is 15.9. The predicted octanol–water partition coefficient (Wildman–Crippen LogP) is 5.09. The van der Waals surface area contributed by atoms with Crippen LogP contribution in [0.25, 0.3) is 5.76 Å². The Morgan fingerprint density at radius 1 is 0.974 bits per heavy atom. The van der Waals surface area contributed by atoms with Gasteiger partial charge in [-0.3, -0.25) is 14.5 Å². The third kappa shape index (κ3) is 4.83. The monoisotopic (exact) mass is 531 g/mol. The molecule has 0 saturated carbocycles. The molecular formula is C30H29NO8. The van der Waals surface area contributed by atoms with Crippen molar-refractivity contribution in [1.29, 1.82) is 0 Å². The zero-order valence-electron chi connectivity index (χ0n) is 22.1. The SMILES string of the molecule is COc1ccc(C2/C(=C(\O)c3cccc(OCC(C)C)c3)C(=O)C(=O)N2c2ccc3c(c2)OCO3)cc1OC. The lowest BCUT2D eigenvalue weighted by Crippen LogP contribution is -2.29. The highest BCUT2D eigenvalue weighted by atomic mass is 16.7. The number of ketones is 1. The van der Waals surface area contributed by atoms with Gasteiger partial charge in [0.15, 0.2) is 23.0 Å². The molecule has 1 fully saturated rings. The maximum Gasteiger partial charge on any atom is 0.300 e. The second kappa shape index (κ2) is 10.6. The number of methoxy groups -OCH3 is 2. The Balaban J connectivity index is 1.67. The minimum absolute atomic E-state index is 0.0614. The molecule has 2 aliphatic rings. The maximum absolute atomic E-state index is 13.5. The molecule has 0 aliphatic carbocycles. The molecule has 2 aliphatic heterocycles. The van der Waals surface area contributed by atoms with Gasteiger partial charge >= 0.3 is 0 Å². The lowest BCUT2D eigenvalue weighted by Gasteiger charge is -2.26. The van der Waals surface area contributed by atoms with Crippen molar-refractivity contribution in [2.75, 3.05) is 32.5 Å². The summed E-state index contributed by atoms with van der Waals surface area (Å²) in [5.41, 5.74) is 1.24. The summed E-state index contributed by atoms with van der Waals surface area (Å²) in [4.78, 5) is 28.4. The Morgan fingerprint density at radius 2 is 1.74 bits per heavy atom. The molecule has 1 amide bonds. The highest BCUT2D eigenvalue weighted by Gasteiger charge is 2.47. The largest absolute Gasteiger partial charge is 0.507 e. The van der Waals surface area contributed by atoms with Crippen LogP contribution in [-0.4, -0.2) is 44.4 Å². The molecule has 202 valence electrons. The van der Waals surface area contributed by atoms with Crippen LogP contribution in [0.4, 0.5) is 5.69 Å². The summed E-state index contributed by atoms with van der Waals surface area (Å²) >= 11 is 0. The van der Waals surface area contributed by atoms with Crippen molar-refractivity contribution in [2.24, 2.45) is 5.92 Å². The van der Waals surface area contributed by atoms with Crippen LogP contribution in [0.2, 0.25) is 0 Å². The summed E-state index contributed by atoms with van der Waals surface area (Å²) in [7, 11) is 3.02. The number of Topliss-reactive ketones (excluding diaryl/α,β-unsaturated/α-hetero) is 1. The number of aliphatic hydroxyl groups is 1. The number of carbonyl (C=O) groups is 2. The van der Waals surface area contributed by atoms with Crippen LogP contribution in [0.1, 0.15) is 31.0 Å². The molecule has 1 saturated heterocycles. The number of aliphatic hydroxyl groups excluding tert-OH is 1. The van der Waals surface area contributed by atoms with Crippen LogP contribution in [0.15, 0.2) is 66.2 Å². The molecule has 5 rings (SSSR count). The highest BCUT2D eigenvalue weighted by molar-refractivity contribution is 6.51. The van der Waals surface area contributed by atoms with E-state index in [9.17, 15) is 14.7 Å². The molecule has 9 heteroatoms. The van der Waals surface area contributed by atoms with Gasteiger partial charge in [0.1, 0.15) is 11.5 Å². The first-order valence-electron chi connectivity index (χ1n) is 12.5. The fraction of sp³-hybridized carbons (Fsp3) is 0.267. The van der Waals surface area contributed by atoms with Gasteiger partial charge in [-0.05, 0) is 47.9 Å². The third-order valence-electron chi connectivity index (χ3n) is 6.49. The van der Waals surface area contributed by atoms with E-state index in [1.807, 2.05) is 13.8 Å². The van der Waals surface area contributed by atoms with E-state index >= 15 is 0 Å². The van der Waals surface area contributed by atoms with Crippen LogP contribution in [0, 0.1) is 5.92 Å². The summed E-state index contributed by atoms with van der Waals surface area (Å²) in [6.45, 7) is 4.62. The van der Waals surface area contributed by atoms with Gasteiger partial charge in [-0.25, -0.2) is 0 Å². The van der Waals surface area contributed by atoms with Crippen LogP contribution in [0.3, 0.4) is 0 Å². The normalized spacial score (nSPS) is 17.6. The van der Waals surface area contributed by atoms with Crippen LogP contribution in [-0.2, 0) is 9.59 Å². The smallest absolute Gasteiger partial charge is 0.300 e. The minimum atomic E-state index is -0.967. The van der Waals surface area contributed by atoms with Gasteiger partial charge in [-0.1, -0.05) is 32.0 Å². The number of ether oxygens (including phenoxy) is 5. The number of anilines is 1. The van der Waals surface area contributed by atoms with Crippen LogP contribution < -0.4 is 28.6 Å². The second-order valence-corrected chi connectivity index (χ2v) is 9.55. The number of benzene rings is 3. The Hall–Kier alpha value is -4.66. The van der Waals surface area contributed by atoms with Gasteiger partial charge < -0.3 is 28.8 Å². The Kier molecular flexibility index (Phi) is 7.06. The molecule has 3 aromatic carbocycles. The van der Waals surface area contributed by atoms with Crippen molar-refractivity contribution in [3.8, 4) is 28.7 Å². The van der Waals surface area contributed by atoms with E-state index in [0.29, 0.717) is 58.1 Å². The number of fused-ring (bicyclic) bond motifs is 1. The van der Waals surface area contributed by atoms with Gasteiger partial charge in [0.05, 0.1) is 32.4 Å². The van der Waals surface area contributed by atoms with E-state index in [4.69, 9.17) is 23.7 Å². The minimum Gasteiger partial charge on any atom is -0.507 e. The van der Waals surface area contributed by atoms with E-state index in [2.05, 4.69) is 0 Å². The van der Waals surface area contributed by atoms with Crippen molar-refractivity contribution in [3.05, 3.63) is 77.4 Å². The highest BCUT2D eigenvalue weighted by Crippen LogP contribution is 2.46. The number of hydrogen-bond acceptors (Lipinski definition) is 8.